The Labute approximate surface area is 122 Å². The number of rotatable bonds is 4. The highest BCUT2D eigenvalue weighted by Gasteiger charge is 2.18. The van der Waals surface area contributed by atoms with E-state index in [2.05, 4.69) is 20.9 Å². The summed E-state index contributed by atoms with van der Waals surface area (Å²) in [5.41, 5.74) is 0.701. The number of halogens is 1. The molecule has 0 fully saturated rings. The quantitative estimate of drug-likeness (QED) is 0.485. The normalized spacial score (nSPS) is 9.80. The maximum absolute atomic E-state index is 11.0. The van der Waals surface area contributed by atoms with Gasteiger partial charge in [0.25, 0.3) is 0 Å². The zero-order chi connectivity index (χ0) is 14.5. The summed E-state index contributed by atoms with van der Waals surface area (Å²) in [5.74, 6) is 0.340. The van der Waals surface area contributed by atoms with Crippen molar-refractivity contribution in [3.8, 4) is 17.7 Å². The Bertz CT molecular complexity index is 698. The van der Waals surface area contributed by atoms with E-state index in [1.165, 1.54) is 24.4 Å². The van der Waals surface area contributed by atoms with Gasteiger partial charge in [-0.1, -0.05) is 22.0 Å². The number of nitrogens with zero attached hydrogens (tertiary/aromatic N) is 3. The molecule has 100 valence electrons. The van der Waals surface area contributed by atoms with Crippen LogP contribution in [0.4, 0.5) is 5.69 Å². The largest absolute Gasteiger partial charge is 0.431 e. The fraction of sp³-hybridized carbons (Fsp3) is 0.0769. The molecular formula is C13H8BrN3O3. The van der Waals surface area contributed by atoms with Crippen LogP contribution in [0.3, 0.4) is 0 Å². The fourth-order valence-electron chi connectivity index (χ4n) is 1.54. The van der Waals surface area contributed by atoms with E-state index >= 15 is 0 Å². The van der Waals surface area contributed by atoms with Crippen molar-refractivity contribution in [3.63, 3.8) is 0 Å². The number of benzene rings is 1. The molecule has 2 aromatic rings. The molecule has 0 radical (unpaired) electrons. The molecule has 0 unspecified atom stereocenters. The third kappa shape index (κ3) is 2.92. The molecule has 0 aliphatic rings. The van der Waals surface area contributed by atoms with Gasteiger partial charge in [-0.15, -0.1) is 0 Å². The van der Waals surface area contributed by atoms with E-state index in [4.69, 9.17) is 10.00 Å². The number of nitro benzene ring substituents is 1. The molecule has 0 saturated heterocycles. The van der Waals surface area contributed by atoms with Crippen molar-refractivity contribution in [2.45, 2.75) is 5.33 Å². The molecule has 0 amide bonds. The van der Waals surface area contributed by atoms with Crippen LogP contribution in [0.5, 0.6) is 11.6 Å². The second-order valence-corrected chi connectivity index (χ2v) is 4.32. The summed E-state index contributed by atoms with van der Waals surface area (Å²) >= 11 is 3.30. The molecule has 1 aromatic carbocycles. The number of hydrogen-bond acceptors (Lipinski definition) is 5. The predicted molar refractivity (Wildman–Crippen MR) is 74.8 cm³/mol. The summed E-state index contributed by atoms with van der Waals surface area (Å²) < 4.78 is 5.50. The second-order valence-electron chi connectivity index (χ2n) is 3.75. The van der Waals surface area contributed by atoms with Crippen LogP contribution >= 0.6 is 15.9 Å². The Hall–Kier alpha value is -2.46. The van der Waals surface area contributed by atoms with E-state index in [1.807, 2.05) is 6.07 Å². The molecule has 6 nitrogen and oxygen atoms in total. The summed E-state index contributed by atoms with van der Waals surface area (Å²) in [6.07, 6.45) is 1.54. The maximum Gasteiger partial charge on any atom is 0.312 e. The molecule has 2 rings (SSSR count). The van der Waals surface area contributed by atoms with Gasteiger partial charge < -0.3 is 4.74 Å². The van der Waals surface area contributed by atoms with Gasteiger partial charge in [-0.25, -0.2) is 4.98 Å². The molecule has 1 heterocycles. The average molecular weight is 334 g/mol. The molecule has 0 spiro atoms. The van der Waals surface area contributed by atoms with E-state index in [9.17, 15) is 10.1 Å². The van der Waals surface area contributed by atoms with Crippen LogP contribution in [0.15, 0.2) is 36.5 Å². The average Bonchev–Trinajstić information content (AvgIpc) is 2.48. The summed E-state index contributed by atoms with van der Waals surface area (Å²) in [4.78, 5) is 14.5. The van der Waals surface area contributed by atoms with Crippen LogP contribution in [0.1, 0.15) is 11.1 Å². The fourth-order valence-corrected chi connectivity index (χ4v) is 1.96. The van der Waals surface area contributed by atoms with Gasteiger partial charge in [0.05, 0.1) is 16.6 Å². The lowest BCUT2D eigenvalue weighted by Crippen LogP contribution is -1.97. The Balaban J connectivity index is 2.43. The van der Waals surface area contributed by atoms with Gasteiger partial charge in [-0.05, 0) is 18.2 Å². The van der Waals surface area contributed by atoms with Gasteiger partial charge in [-0.3, -0.25) is 10.1 Å². The molecule has 0 N–H and O–H groups in total. The summed E-state index contributed by atoms with van der Waals surface area (Å²) in [6, 6.07) is 9.42. The van der Waals surface area contributed by atoms with Crippen molar-refractivity contribution >= 4 is 21.6 Å². The lowest BCUT2D eigenvalue weighted by Gasteiger charge is -2.08. The lowest BCUT2D eigenvalue weighted by atomic mass is 10.2. The first kappa shape index (κ1) is 14.0. The Kier molecular flexibility index (Phi) is 4.27. The molecule has 20 heavy (non-hydrogen) atoms. The van der Waals surface area contributed by atoms with Gasteiger partial charge in [0.15, 0.2) is 0 Å². The van der Waals surface area contributed by atoms with Gasteiger partial charge in [0.1, 0.15) is 0 Å². The molecule has 0 bridgehead atoms. The monoisotopic (exact) mass is 333 g/mol. The van der Waals surface area contributed by atoms with Crippen molar-refractivity contribution in [2.24, 2.45) is 0 Å². The molecule has 0 aliphatic carbocycles. The second kappa shape index (κ2) is 6.12. The minimum Gasteiger partial charge on any atom is -0.431 e. The number of aromatic nitrogens is 1. The topological polar surface area (TPSA) is 89.0 Å². The zero-order valence-corrected chi connectivity index (χ0v) is 11.7. The van der Waals surface area contributed by atoms with Crippen LogP contribution in [0, 0.1) is 21.4 Å². The van der Waals surface area contributed by atoms with Crippen molar-refractivity contribution < 1.29 is 9.66 Å². The van der Waals surface area contributed by atoms with E-state index in [0.29, 0.717) is 5.33 Å². The third-order valence-corrected chi connectivity index (χ3v) is 3.09. The molecule has 0 aliphatic heterocycles. The van der Waals surface area contributed by atoms with Gasteiger partial charge in [0, 0.05) is 23.2 Å². The van der Waals surface area contributed by atoms with Crippen molar-refractivity contribution in [2.75, 3.05) is 0 Å². The maximum atomic E-state index is 11.0. The van der Waals surface area contributed by atoms with Crippen LogP contribution < -0.4 is 4.74 Å². The lowest BCUT2D eigenvalue weighted by molar-refractivity contribution is -0.385. The van der Waals surface area contributed by atoms with Gasteiger partial charge >= 0.3 is 5.69 Å². The first-order valence-electron chi connectivity index (χ1n) is 5.52. The third-order valence-electron chi connectivity index (χ3n) is 2.49. The molecular weight excluding hydrogens is 326 g/mol. The first-order valence-corrected chi connectivity index (χ1v) is 6.64. The van der Waals surface area contributed by atoms with Gasteiger partial charge in [-0.2, -0.15) is 5.26 Å². The highest BCUT2D eigenvalue weighted by molar-refractivity contribution is 9.08. The highest BCUT2D eigenvalue weighted by atomic mass is 79.9. The molecule has 1 aromatic heterocycles. The predicted octanol–water partition coefficient (Wildman–Crippen LogP) is 3.55. The number of hydrogen-bond donors (Lipinski definition) is 0. The zero-order valence-electron chi connectivity index (χ0n) is 10.1. The van der Waals surface area contributed by atoms with Crippen molar-refractivity contribution in [1.29, 1.82) is 5.26 Å². The Morgan fingerprint density at radius 2 is 2.25 bits per heavy atom. The Morgan fingerprint density at radius 3 is 2.90 bits per heavy atom. The number of alkyl halides is 1. The minimum atomic E-state index is -0.590. The molecule has 0 atom stereocenters. The van der Waals surface area contributed by atoms with E-state index in [-0.39, 0.29) is 22.9 Å². The highest BCUT2D eigenvalue weighted by Crippen LogP contribution is 2.32. The SMILES string of the molecule is N#Cc1ccc(Oc2ncccc2CBr)c([N+](=O)[O-])c1. The standard InChI is InChI=1S/C13H8BrN3O3/c14-7-10-2-1-5-16-13(10)20-12-4-3-9(8-15)6-11(12)17(18)19/h1-6H,7H2. The van der Waals surface area contributed by atoms with Crippen LogP contribution in [-0.2, 0) is 5.33 Å². The van der Waals surface area contributed by atoms with Crippen LogP contribution in [-0.4, -0.2) is 9.91 Å². The summed E-state index contributed by atoms with van der Waals surface area (Å²) in [6.45, 7) is 0. The van der Waals surface area contributed by atoms with Crippen LogP contribution in [0.25, 0.3) is 0 Å². The van der Waals surface area contributed by atoms with Crippen LogP contribution in [0.2, 0.25) is 0 Å². The number of ether oxygens (including phenoxy) is 1. The van der Waals surface area contributed by atoms with Crippen molar-refractivity contribution in [1.82, 2.24) is 4.98 Å². The number of nitro groups is 1. The van der Waals surface area contributed by atoms with Crippen molar-refractivity contribution in [3.05, 3.63) is 57.8 Å². The molecule has 0 saturated carbocycles. The van der Waals surface area contributed by atoms with E-state index in [0.717, 1.165) is 5.56 Å². The Morgan fingerprint density at radius 1 is 1.45 bits per heavy atom. The van der Waals surface area contributed by atoms with E-state index < -0.39 is 4.92 Å². The minimum absolute atomic E-state index is 0.0508. The summed E-state index contributed by atoms with van der Waals surface area (Å²) in [7, 11) is 0. The number of pyridine rings is 1. The smallest absolute Gasteiger partial charge is 0.312 e. The molecule has 7 heteroatoms. The van der Waals surface area contributed by atoms with E-state index in [1.54, 1.807) is 12.1 Å². The summed E-state index contributed by atoms with van der Waals surface area (Å²) in [5, 5.41) is 20.3. The number of nitriles is 1. The van der Waals surface area contributed by atoms with Gasteiger partial charge in [0.2, 0.25) is 11.6 Å². The first-order chi connectivity index (χ1) is 9.65.